The summed E-state index contributed by atoms with van der Waals surface area (Å²) in [5.41, 5.74) is 1.94. The average molecular weight is 167 g/mol. The van der Waals surface area contributed by atoms with E-state index in [4.69, 9.17) is 0 Å². The number of likely N-dealkylation sites (N-methyl/N-ethyl adjacent to an activating group) is 1. The van der Waals surface area contributed by atoms with Crippen molar-refractivity contribution in [2.45, 2.75) is 40.2 Å². The molecule has 0 spiro atoms. The molecule has 0 N–H and O–H groups in total. The molecule has 12 heavy (non-hydrogen) atoms. The molecule has 0 radical (unpaired) electrons. The molecular formula is C11H21N. The molecule has 0 aromatic rings. The minimum absolute atomic E-state index is 0.341. The van der Waals surface area contributed by atoms with Crippen molar-refractivity contribution in [3.8, 4) is 0 Å². The fraction of sp³-hybridized carbons (Fsp3) is 0.818. The molecule has 1 aliphatic heterocycles. The van der Waals surface area contributed by atoms with Crippen LogP contribution in [0.2, 0.25) is 0 Å². The number of nitrogens with zero attached hydrogens (tertiary/aromatic N) is 1. The topological polar surface area (TPSA) is 3.24 Å². The molecule has 0 bridgehead atoms. The van der Waals surface area contributed by atoms with Gasteiger partial charge in [-0.1, -0.05) is 32.4 Å². The lowest BCUT2D eigenvalue weighted by Gasteiger charge is -2.37. The first-order valence-electron chi connectivity index (χ1n) is 4.83. The Morgan fingerprint density at radius 3 is 2.42 bits per heavy atom. The third-order valence-corrected chi connectivity index (χ3v) is 2.82. The van der Waals surface area contributed by atoms with E-state index >= 15 is 0 Å². The van der Waals surface area contributed by atoms with Crippen molar-refractivity contribution in [1.82, 2.24) is 4.90 Å². The van der Waals surface area contributed by atoms with Gasteiger partial charge in [0.05, 0.1) is 0 Å². The van der Waals surface area contributed by atoms with Gasteiger partial charge in [0, 0.05) is 12.6 Å². The maximum atomic E-state index is 2.43. The van der Waals surface area contributed by atoms with Crippen LogP contribution in [0.15, 0.2) is 11.6 Å². The molecule has 0 fully saturated rings. The molecule has 0 aromatic carbocycles. The lowest BCUT2D eigenvalue weighted by molar-refractivity contribution is 0.245. The van der Waals surface area contributed by atoms with E-state index in [1.807, 2.05) is 0 Å². The molecule has 0 saturated heterocycles. The van der Waals surface area contributed by atoms with E-state index in [1.54, 1.807) is 5.57 Å². The van der Waals surface area contributed by atoms with Gasteiger partial charge in [0.2, 0.25) is 0 Å². The van der Waals surface area contributed by atoms with Crippen molar-refractivity contribution < 1.29 is 0 Å². The monoisotopic (exact) mass is 167 g/mol. The first-order chi connectivity index (χ1) is 5.43. The summed E-state index contributed by atoms with van der Waals surface area (Å²) < 4.78 is 0. The molecule has 1 heteroatoms. The molecule has 0 amide bonds. The number of rotatable bonds is 0. The van der Waals surface area contributed by atoms with Gasteiger partial charge in [-0.05, 0) is 25.8 Å². The number of hydrogen-bond donors (Lipinski definition) is 0. The van der Waals surface area contributed by atoms with E-state index in [9.17, 15) is 0 Å². The summed E-state index contributed by atoms with van der Waals surface area (Å²) in [6, 6.07) is 0.624. The molecule has 0 aromatic heterocycles. The van der Waals surface area contributed by atoms with Gasteiger partial charge in [-0.2, -0.15) is 0 Å². The minimum Gasteiger partial charge on any atom is -0.300 e. The highest BCUT2D eigenvalue weighted by Crippen LogP contribution is 2.32. The minimum atomic E-state index is 0.341. The lowest BCUT2D eigenvalue weighted by atomic mass is 9.80. The molecule has 1 nitrogen and oxygen atoms in total. The van der Waals surface area contributed by atoms with Gasteiger partial charge in [-0.3, -0.25) is 4.90 Å². The van der Waals surface area contributed by atoms with E-state index in [-0.39, 0.29) is 0 Å². The fourth-order valence-electron chi connectivity index (χ4n) is 1.96. The zero-order chi connectivity index (χ0) is 9.35. The molecule has 0 aliphatic carbocycles. The van der Waals surface area contributed by atoms with E-state index < -0.39 is 0 Å². The second-order valence-electron chi connectivity index (χ2n) is 4.85. The van der Waals surface area contributed by atoms with Crippen molar-refractivity contribution in [3.63, 3.8) is 0 Å². The predicted octanol–water partition coefficient (Wildman–Crippen LogP) is 2.68. The number of hydrogen-bond acceptors (Lipinski definition) is 1. The smallest absolute Gasteiger partial charge is 0.0281 e. The van der Waals surface area contributed by atoms with Crippen LogP contribution in [0.5, 0.6) is 0 Å². The van der Waals surface area contributed by atoms with Crippen LogP contribution in [0.1, 0.15) is 34.1 Å². The van der Waals surface area contributed by atoms with Gasteiger partial charge in [-0.15, -0.1) is 0 Å². The summed E-state index contributed by atoms with van der Waals surface area (Å²) in [6.45, 7) is 10.4. The van der Waals surface area contributed by atoms with Gasteiger partial charge >= 0.3 is 0 Å². The van der Waals surface area contributed by atoms with Crippen molar-refractivity contribution in [2.24, 2.45) is 5.41 Å². The standard InChI is InChI=1S/C11H21N/c1-9-10(11(2,3)4)7-6-8-12(9)5/h7,9H,6,8H2,1-5H3/t9-/m0/s1. The Labute approximate surface area is 76.5 Å². The lowest BCUT2D eigenvalue weighted by Crippen LogP contribution is -2.38. The molecule has 1 rings (SSSR count). The van der Waals surface area contributed by atoms with Crippen LogP contribution in [-0.4, -0.2) is 24.5 Å². The molecule has 0 saturated carbocycles. The van der Waals surface area contributed by atoms with Crippen LogP contribution >= 0.6 is 0 Å². The Kier molecular flexibility index (Phi) is 2.62. The molecule has 1 atom stereocenters. The quantitative estimate of drug-likeness (QED) is 0.501. The molecule has 1 aliphatic rings. The van der Waals surface area contributed by atoms with Gasteiger partial charge < -0.3 is 0 Å². The van der Waals surface area contributed by atoms with Crippen LogP contribution in [0.4, 0.5) is 0 Å². The zero-order valence-corrected chi connectivity index (χ0v) is 9.02. The SMILES string of the molecule is C[C@H]1C(C(C)(C)C)=CCCN1C. The van der Waals surface area contributed by atoms with E-state index in [0.717, 1.165) is 0 Å². The second-order valence-corrected chi connectivity index (χ2v) is 4.85. The Morgan fingerprint density at radius 1 is 1.42 bits per heavy atom. The Balaban J connectivity index is 2.82. The first-order valence-corrected chi connectivity index (χ1v) is 4.83. The highest BCUT2D eigenvalue weighted by atomic mass is 15.1. The van der Waals surface area contributed by atoms with Gasteiger partial charge in [0.25, 0.3) is 0 Å². The third-order valence-electron chi connectivity index (χ3n) is 2.82. The van der Waals surface area contributed by atoms with Crippen LogP contribution < -0.4 is 0 Å². The first kappa shape index (κ1) is 9.79. The second kappa shape index (κ2) is 3.21. The summed E-state index contributed by atoms with van der Waals surface area (Å²) in [4.78, 5) is 2.43. The van der Waals surface area contributed by atoms with E-state index in [0.29, 0.717) is 11.5 Å². The predicted molar refractivity (Wildman–Crippen MR) is 54.2 cm³/mol. The normalized spacial score (nSPS) is 27.1. The highest BCUT2D eigenvalue weighted by Gasteiger charge is 2.26. The average Bonchev–Trinajstić information content (AvgIpc) is 1.92. The maximum absolute atomic E-state index is 2.43. The molecular weight excluding hydrogens is 146 g/mol. The van der Waals surface area contributed by atoms with Gasteiger partial charge in [-0.25, -0.2) is 0 Å². The summed E-state index contributed by atoms with van der Waals surface area (Å²) in [6.07, 6.45) is 3.64. The van der Waals surface area contributed by atoms with Crippen LogP contribution in [0.25, 0.3) is 0 Å². The highest BCUT2D eigenvalue weighted by molar-refractivity contribution is 5.19. The maximum Gasteiger partial charge on any atom is 0.0281 e. The van der Waals surface area contributed by atoms with Crippen molar-refractivity contribution in [2.75, 3.05) is 13.6 Å². The van der Waals surface area contributed by atoms with Crippen molar-refractivity contribution >= 4 is 0 Å². The Morgan fingerprint density at radius 2 is 2.00 bits per heavy atom. The van der Waals surface area contributed by atoms with Crippen molar-refractivity contribution in [3.05, 3.63) is 11.6 Å². The van der Waals surface area contributed by atoms with Crippen LogP contribution in [0, 0.1) is 5.41 Å². The largest absolute Gasteiger partial charge is 0.300 e. The van der Waals surface area contributed by atoms with Gasteiger partial charge in [0.1, 0.15) is 0 Å². The van der Waals surface area contributed by atoms with Crippen LogP contribution in [0.3, 0.4) is 0 Å². The summed E-state index contributed by atoms with van der Waals surface area (Å²) in [7, 11) is 2.21. The van der Waals surface area contributed by atoms with Crippen LogP contribution in [-0.2, 0) is 0 Å². The van der Waals surface area contributed by atoms with E-state index in [2.05, 4.69) is 45.7 Å². The molecule has 70 valence electrons. The summed E-state index contributed by atoms with van der Waals surface area (Å²) in [5.74, 6) is 0. The zero-order valence-electron chi connectivity index (χ0n) is 9.02. The molecule has 0 unspecified atom stereocenters. The molecule has 1 heterocycles. The van der Waals surface area contributed by atoms with E-state index in [1.165, 1.54) is 13.0 Å². The van der Waals surface area contributed by atoms with Gasteiger partial charge in [0.15, 0.2) is 0 Å². The Bertz CT molecular complexity index is 186. The van der Waals surface area contributed by atoms with Crippen molar-refractivity contribution in [1.29, 1.82) is 0 Å². The summed E-state index contributed by atoms with van der Waals surface area (Å²) in [5, 5.41) is 0. The Hall–Kier alpha value is -0.300. The fourth-order valence-corrected chi connectivity index (χ4v) is 1.96. The third kappa shape index (κ3) is 1.89. The summed E-state index contributed by atoms with van der Waals surface area (Å²) >= 11 is 0.